The second-order valence-corrected chi connectivity index (χ2v) is 4.00. The summed E-state index contributed by atoms with van der Waals surface area (Å²) in [6, 6.07) is 4.32. The third kappa shape index (κ3) is 5.24. The summed E-state index contributed by atoms with van der Waals surface area (Å²) in [6.07, 6.45) is -4.37. The summed E-state index contributed by atoms with van der Waals surface area (Å²) in [7, 11) is 2.95. The molecule has 1 rings (SSSR count). The van der Waals surface area contributed by atoms with E-state index in [1.54, 1.807) is 18.2 Å². The number of rotatable bonds is 7. The first-order valence-corrected chi connectivity index (χ1v) is 5.73. The number of ether oxygens (including phenoxy) is 3. The summed E-state index contributed by atoms with van der Waals surface area (Å²) >= 11 is 0. The number of methoxy groups -OCH3 is 2. The van der Waals surface area contributed by atoms with E-state index in [-0.39, 0.29) is 6.61 Å². The smallest absolute Gasteiger partial charge is 0.411 e. The van der Waals surface area contributed by atoms with Crippen LogP contribution >= 0.6 is 0 Å². The molecule has 1 atom stereocenters. The SMILES string of the molecule is COc1cc(OC)cc(C(COCC(F)(F)F)NN)c1. The minimum absolute atomic E-state index is 0.230. The molecule has 0 aliphatic carbocycles. The largest absolute Gasteiger partial charge is 0.497 e. The molecule has 8 heteroatoms. The van der Waals surface area contributed by atoms with Gasteiger partial charge >= 0.3 is 6.18 Å². The van der Waals surface area contributed by atoms with Crippen molar-refractivity contribution in [2.75, 3.05) is 27.4 Å². The molecule has 0 bridgehead atoms. The Balaban J connectivity index is 2.78. The molecular weight excluding hydrogens is 277 g/mol. The van der Waals surface area contributed by atoms with Crippen molar-refractivity contribution in [2.24, 2.45) is 5.84 Å². The molecule has 1 unspecified atom stereocenters. The first-order valence-electron chi connectivity index (χ1n) is 5.73. The summed E-state index contributed by atoms with van der Waals surface area (Å²) in [6.45, 7) is -1.56. The summed E-state index contributed by atoms with van der Waals surface area (Å²) in [4.78, 5) is 0. The van der Waals surface area contributed by atoms with Gasteiger partial charge in [0.15, 0.2) is 0 Å². The van der Waals surface area contributed by atoms with Crippen LogP contribution in [-0.2, 0) is 4.74 Å². The minimum atomic E-state index is -4.37. The molecule has 0 spiro atoms. The molecule has 0 saturated carbocycles. The van der Waals surface area contributed by atoms with Crippen LogP contribution in [0.4, 0.5) is 13.2 Å². The van der Waals surface area contributed by atoms with Gasteiger partial charge in [-0.1, -0.05) is 0 Å². The van der Waals surface area contributed by atoms with Crippen molar-refractivity contribution >= 4 is 0 Å². The number of hydrogen-bond donors (Lipinski definition) is 2. The standard InChI is InChI=1S/C12H17F3N2O3/c1-18-9-3-8(4-10(5-9)19-2)11(17-16)6-20-7-12(13,14)15/h3-5,11,17H,6-7,16H2,1-2H3. The Bertz CT molecular complexity index is 405. The summed E-state index contributed by atoms with van der Waals surface area (Å²) in [5, 5.41) is 0. The van der Waals surface area contributed by atoms with Gasteiger partial charge in [-0.25, -0.2) is 0 Å². The Hall–Kier alpha value is -1.51. The van der Waals surface area contributed by atoms with E-state index in [2.05, 4.69) is 10.2 Å². The van der Waals surface area contributed by atoms with E-state index in [4.69, 9.17) is 15.3 Å². The average Bonchev–Trinajstić information content (AvgIpc) is 2.41. The van der Waals surface area contributed by atoms with Crippen molar-refractivity contribution in [1.82, 2.24) is 5.43 Å². The van der Waals surface area contributed by atoms with Gasteiger partial charge in [0.25, 0.3) is 0 Å². The zero-order valence-corrected chi connectivity index (χ0v) is 11.2. The van der Waals surface area contributed by atoms with Gasteiger partial charge in [0.1, 0.15) is 18.1 Å². The van der Waals surface area contributed by atoms with E-state index in [0.29, 0.717) is 17.1 Å². The van der Waals surface area contributed by atoms with Crippen molar-refractivity contribution < 1.29 is 27.4 Å². The maximum Gasteiger partial charge on any atom is 0.411 e. The van der Waals surface area contributed by atoms with E-state index in [1.165, 1.54) is 14.2 Å². The van der Waals surface area contributed by atoms with Crippen molar-refractivity contribution in [2.45, 2.75) is 12.2 Å². The molecule has 20 heavy (non-hydrogen) atoms. The maximum atomic E-state index is 12.0. The van der Waals surface area contributed by atoms with Crippen LogP contribution in [0.15, 0.2) is 18.2 Å². The molecule has 1 aromatic carbocycles. The number of benzene rings is 1. The molecule has 3 N–H and O–H groups in total. The lowest BCUT2D eigenvalue weighted by molar-refractivity contribution is -0.175. The summed E-state index contributed by atoms with van der Waals surface area (Å²) < 4.78 is 50.9. The fourth-order valence-electron chi connectivity index (χ4n) is 1.56. The van der Waals surface area contributed by atoms with Crippen LogP contribution in [-0.4, -0.2) is 33.6 Å². The molecule has 5 nitrogen and oxygen atoms in total. The van der Waals surface area contributed by atoms with Gasteiger partial charge in [0.05, 0.1) is 26.9 Å². The molecule has 0 aliphatic heterocycles. The molecule has 0 radical (unpaired) electrons. The van der Waals surface area contributed by atoms with Crippen LogP contribution < -0.4 is 20.7 Å². The van der Waals surface area contributed by atoms with Crippen LogP contribution in [0.5, 0.6) is 11.5 Å². The number of nitrogens with one attached hydrogen (secondary N) is 1. The summed E-state index contributed by atoms with van der Waals surface area (Å²) in [5.74, 6) is 6.36. The van der Waals surface area contributed by atoms with Crippen molar-refractivity contribution in [3.63, 3.8) is 0 Å². The number of hydrazine groups is 1. The first-order chi connectivity index (χ1) is 9.39. The zero-order valence-electron chi connectivity index (χ0n) is 11.2. The third-order valence-electron chi connectivity index (χ3n) is 2.53. The zero-order chi connectivity index (χ0) is 15.2. The normalized spacial score (nSPS) is 13.1. The van der Waals surface area contributed by atoms with Gasteiger partial charge in [-0.15, -0.1) is 0 Å². The van der Waals surface area contributed by atoms with Gasteiger partial charge in [0, 0.05) is 6.07 Å². The highest BCUT2D eigenvalue weighted by molar-refractivity contribution is 5.39. The second-order valence-electron chi connectivity index (χ2n) is 4.00. The number of nitrogens with two attached hydrogens (primary N) is 1. The number of halogens is 3. The quantitative estimate of drug-likeness (QED) is 0.593. The molecule has 0 heterocycles. The fourth-order valence-corrected chi connectivity index (χ4v) is 1.56. The Morgan fingerprint density at radius 3 is 2.10 bits per heavy atom. The Kier molecular flexibility index (Phi) is 6.05. The highest BCUT2D eigenvalue weighted by Gasteiger charge is 2.28. The van der Waals surface area contributed by atoms with Crippen LogP contribution in [0.25, 0.3) is 0 Å². The molecule has 1 aromatic rings. The second kappa shape index (κ2) is 7.32. The molecule has 114 valence electrons. The van der Waals surface area contributed by atoms with Crippen molar-refractivity contribution in [1.29, 1.82) is 0 Å². The molecule has 0 fully saturated rings. The lowest BCUT2D eigenvalue weighted by Gasteiger charge is -2.18. The van der Waals surface area contributed by atoms with E-state index < -0.39 is 18.8 Å². The van der Waals surface area contributed by atoms with Crippen molar-refractivity contribution in [3.05, 3.63) is 23.8 Å². The number of alkyl halides is 3. The van der Waals surface area contributed by atoms with E-state index >= 15 is 0 Å². The predicted molar refractivity (Wildman–Crippen MR) is 66.5 cm³/mol. The van der Waals surface area contributed by atoms with E-state index in [0.717, 1.165) is 0 Å². The van der Waals surface area contributed by atoms with E-state index in [9.17, 15) is 13.2 Å². The van der Waals surface area contributed by atoms with Crippen LogP contribution in [0.1, 0.15) is 11.6 Å². The Morgan fingerprint density at radius 2 is 1.70 bits per heavy atom. The van der Waals surface area contributed by atoms with E-state index in [1.807, 2.05) is 0 Å². The molecule has 0 saturated heterocycles. The molecular formula is C12H17F3N2O3. The van der Waals surface area contributed by atoms with Crippen molar-refractivity contribution in [3.8, 4) is 11.5 Å². The predicted octanol–water partition coefficient (Wildman–Crippen LogP) is 1.79. The Labute approximate surface area is 114 Å². The molecule has 0 aliphatic rings. The third-order valence-corrected chi connectivity index (χ3v) is 2.53. The lowest BCUT2D eigenvalue weighted by Crippen LogP contribution is -2.32. The van der Waals surface area contributed by atoms with Crippen LogP contribution in [0, 0.1) is 0 Å². The van der Waals surface area contributed by atoms with Gasteiger partial charge < -0.3 is 14.2 Å². The van der Waals surface area contributed by atoms with Gasteiger partial charge in [0.2, 0.25) is 0 Å². The fraction of sp³-hybridized carbons (Fsp3) is 0.500. The minimum Gasteiger partial charge on any atom is -0.497 e. The molecule has 0 amide bonds. The highest BCUT2D eigenvalue weighted by Crippen LogP contribution is 2.26. The van der Waals surface area contributed by atoms with Crippen LogP contribution in [0.3, 0.4) is 0 Å². The monoisotopic (exact) mass is 294 g/mol. The topological polar surface area (TPSA) is 65.7 Å². The van der Waals surface area contributed by atoms with Gasteiger partial charge in [-0.2, -0.15) is 13.2 Å². The van der Waals surface area contributed by atoms with Gasteiger partial charge in [-0.3, -0.25) is 11.3 Å². The maximum absolute atomic E-state index is 12.0. The van der Waals surface area contributed by atoms with Crippen LogP contribution in [0.2, 0.25) is 0 Å². The molecule has 0 aromatic heterocycles. The first kappa shape index (κ1) is 16.5. The lowest BCUT2D eigenvalue weighted by atomic mass is 10.1. The summed E-state index contributed by atoms with van der Waals surface area (Å²) in [5.41, 5.74) is 3.01. The van der Waals surface area contributed by atoms with Gasteiger partial charge in [-0.05, 0) is 17.7 Å². The Morgan fingerprint density at radius 1 is 1.15 bits per heavy atom. The average molecular weight is 294 g/mol. The number of hydrogen-bond acceptors (Lipinski definition) is 5. The highest BCUT2D eigenvalue weighted by atomic mass is 19.4.